The Bertz CT molecular complexity index is 882. The predicted octanol–water partition coefficient (Wildman–Crippen LogP) is 4.83. The molecule has 0 heterocycles. The van der Waals surface area contributed by atoms with Gasteiger partial charge in [-0.2, -0.15) is 10.5 Å². The summed E-state index contributed by atoms with van der Waals surface area (Å²) in [5.41, 5.74) is 1.22. The molecule has 4 fully saturated rings. The van der Waals surface area contributed by atoms with Crippen molar-refractivity contribution in [1.29, 1.82) is 10.5 Å². The summed E-state index contributed by atoms with van der Waals surface area (Å²) in [6, 6.07) is 4.12. The Labute approximate surface area is 185 Å². The van der Waals surface area contributed by atoms with E-state index in [0.717, 1.165) is 38.5 Å². The number of rotatable bonds is 3. The van der Waals surface area contributed by atoms with Gasteiger partial charge in [0.05, 0.1) is 18.2 Å². The molecular weight excluding hydrogens is 388 g/mol. The van der Waals surface area contributed by atoms with Crippen LogP contribution in [0.3, 0.4) is 0 Å². The van der Waals surface area contributed by atoms with E-state index in [1.54, 1.807) is 6.08 Å². The molecule has 8 atom stereocenters. The lowest BCUT2D eigenvalue weighted by Gasteiger charge is -2.67. The molecule has 4 saturated carbocycles. The first kappa shape index (κ1) is 22.1. The highest BCUT2D eigenvalue weighted by atomic mass is 16.6. The number of ether oxygens (including phenoxy) is 1. The van der Waals surface area contributed by atoms with E-state index in [1.165, 1.54) is 5.57 Å². The number of aliphatic hydroxyl groups is 1. The molecular formula is C26H34N2O3. The molecule has 4 aliphatic rings. The molecule has 5 heteroatoms. The van der Waals surface area contributed by atoms with Crippen molar-refractivity contribution in [3.05, 3.63) is 24.3 Å². The maximum absolute atomic E-state index is 12.0. The zero-order chi connectivity index (χ0) is 22.4. The van der Waals surface area contributed by atoms with Gasteiger partial charge in [0.1, 0.15) is 12.5 Å². The Hall–Kier alpha value is -2.11. The van der Waals surface area contributed by atoms with Crippen molar-refractivity contribution in [2.24, 2.45) is 34.0 Å². The van der Waals surface area contributed by atoms with E-state index in [0.29, 0.717) is 30.6 Å². The first-order valence-corrected chi connectivity index (χ1v) is 11.7. The fraction of sp³-hybridized carbons (Fsp3) is 0.731. The summed E-state index contributed by atoms with van der Waals surface area (Å²) in [6.45, 7) is 9.02. The van der Waals surface area contributed by atoms with Gasteiger partial charge in [-0.3, -0.25) is 4.79 Å². The average molecular weight is 423 g/mol. The smallest absolute Gasteiger partial charge is 0.320 e. The molecule has 166 valence electrons. The summed E-state index contributed by atoms with van der Waals surface area (Å²) in [7, 11) is 0. The van der Waals surface area contributed by atoms with Crippen molar-refractivity contribution in [2.45, 2.75) is 83.8 Å². The summed E-state index contributed by atoms with van der Waals surface area (Å²) < 4.78 is 5.59. The van der Waals surface area contributed by atoms with E-state index in [2.05, 4.69) is 32.6 Å². The van der Waals surface area contributed by atoms with Crippen molar-refractivity contribution >= 4 is 5.97 Å². The summed E-state index contributed by atoms with van der Waals surface area (Å²) in [5, 5.41) is 28.9. The average Bonchev–Trinajstić information content (AvgIpc) is 3.06. The van der Waals surface area contributed by atoms with Crippen LogP contribution >= 0.6 is 0 Å². The van der Waals surface area contributed by atoms with E-state index in [9.17, 15) is 15.2 Å². The molecule has 0 amide bonds. The second-order valence-electron chi connectivity index (χ2n) is 10.8. The molecule has 1 N–H and O–H groups in total. The molecule has 4 aliphatic carbocycles. The summed E-state index contributed by atoms with van der Waals surface area (Å²) in [4.78, 5) is 12.0. The number of nitriles is 2. The van der Waals surface area contributed by atoms with Gasteiger partial charge >= 0.3 is 5.97 Å². The highest BCUT2D eigenvalue weighted by molar-refractivity contribution is 5.72. The Morgan fingerprint density at radius 3 is 2.71 bits per heavy atom. The van der Waals surface area contributed by atoms with Gasteiger partial charge in [-0.1, -0.05) is 25.5 Å². The Morgan fingerprint density at radius 2 is 2.03 bits per heavy atom. The standard InChI is InChI=1S/C26H34N2O3/c1-4-26-12-11-24(2)17(9-13-27)5-7-19(24)20(26)8-6-18-15-21(29)22(16-25(18,26)3)31-23(30)10-14-28/h4,9,18-22,29H,1,5-8,10-12,15-16H2,2-3H3/b17-9-/t18-,19-,20-,21-,22-,24+,25-,26-/m0/s1. The molecule has 0 aromatic heterocycles. The molecule has 0 aromatic rings. The van der Waals surface area contributed by atoms with Crippen molar-refractivity contribution in [1.82, 2.24) is 0 Å². The molecule has 5 nitrogen and oxygen atoms in total. The maximum Gasteiger partial charge on any atom is 0.320 e. The van der Waals surface area contributed by atoms with Crippen LogP contribution in [0.4, 0.5) is 0 Å². The summed E-state index contributed by atoms with van der Waals surface area (Å²) >= 11 is 0. The third kappa shape index (κ3) is 3.08. The lowest BCUT2D eigenvalue weighted by molar-refractivity contribution is -0.200. The minimum atomic E-state index is -0.676. The van der Waals surface area contributed by atoms with E-state index < -0.39 is 18.2 Å². The number of hydrogen-bond acceptors (Lipinski definition) is 5. The molecule has 0 radical (unpaired) electrons. The molecule has 0 bridgehead atoms. The van der Waals surface area contributed by atoms with Crippen LogP contribution in [0, 0.1) is 56.7 Å². The van der Waals surface area contributed by atoms with E-state index in [-0.39, 0.29) is 22.7 Å². The van der Waals surface area contributed by atoms with Crippen molar-refractivity contribution in [3.8, 4) is 12.1 Å². The molecule has 0 aromatic carbocycles. The van der Waals surface area contributed by atoms with Crippen molar-refractivity contribution in [3.63, 3.8) is 0 Å². The zero-order valence-electron chi connectivity index (χ0n) is 18.8. The minimum Gasteiger partial charge on any atom is -0.459 e. The first-order chi connectivity index (χ1) is 14.8. The Kier molecular flexibility index (Phi) is 5.55. The largest absolute Gasteiger partial charge is 0.459 e. The van der Waals surface area contributed by atoms with Crippen molar-refractivity contribution < 1.29 is 14.6 Å². The number of aliphatic hydroxyl groups excluding tert-OH is 1. The van der Waals surface area contributed by atoms with Crippen LogP contribution in [0.25, 0.3) is 0 Å². The van der Waals surface area contributed by atoms with Crippen LogP contribution < -0.4 is 0 Å². The van der Waals surface area contributed by atoms with E-state index >= 15 is 0 Å². The molecule has 0 saturated heterocycles. The number of esters is 1. The van der Waals surface area contributed by atoms with Gasteiger partial charge in [-0.05, 0) is 85.4 Å². The minimum absolute atomic E-state index is 0.0672. The number of nitrogens with zero attached hydrogens (tertiary/aromatic N) is 2. The zero-order valence-corrected chi connectivity index (χ0v) is 18.8. The number of fused-ring (bicyclic) bond motifs is 5. The van der Waals surface area contributed by atoms with Crippen LogP contribution in [-0.4, -0.2) is 23.3 Å². The highest BCUT2D eigenvalue weighted by Gasteiger charge is 2.66. The fourth-order valence-electron chi connectivity index (χ4n) is 8.33. The first-order valence-electron chi connectivity index (χ1n) is 11.7. The number of carbonyl (C=O) groups excluding carboxylic acids is 1. The van der Waals surface area contributed by atoms with Crippen LogP contribution in [-0.2, 0) is 9.53 Å². The van der Waals surface area contributed by atoms with E-state index in [1.807, 2.05) is 6.07 Å². The molecule has 0 unspecified atom stereocenters. The SMILES string of the molecule is C=C[C@]12CC[C@]3(C)/C(=C\C#N)CC[C@H]3[C@@H]1CC[C@H]1C[C@H](O)[C@@H](OC(=O)CC#N)C[C@@]12C. The Morgan fingerprint density at radius 1 is 1.26 bits per heavy atom. The number of allylic oxidation sites excluding steroid dienone is 3. The second-order valence-corrected chi connectivity index (χ2v) is 10.8. The highest BCUT2D eigenvalue weighted by Crippen LogP contribution is 2.73. The van der Waals surface area contributed by atoms with Crippen LogP contribution in [0.2, 0.25) is 0 Å². The number of carbonyl (C=O) groups is 1. The fourth-order valence-corrected chi connectivity index (χ4v) is 8.33. The van der Waals surface area contributed by atoms with Crippen LogP contribution in [0.5, 0.6) is 0 Å². The van der Waals surface area contributed by atoms with Gasteiger partial charge in [0, 0.05) is 6.08 Å². The van der Waals surface area contributed by atoms with Gasteiger partial charge in [0.25, 0.3) is 0 Å². The molecule has 31 heavy (non-hydrogen) atoms. The third-order valence-electron chi connectivity index (χ3n) is 9.96. The predicted molar refractivity (Wildman–Crippen MR) is 116 cm³/mol. The van der Waals surface area contributed by atoms with Crippen LogP contribution in [0.15, 0.2) is 24.3 Å². The molecule has 4 rings (SSSR count). The van der Waals surface area contributed by atoms with Gasteiger partial charge in [0.15, 0.2) is 0 Å². The summed E-state index contributed by atoms with van der Waals surface area (Å²) in [6.07, 6.45) is 10.1. The molecule has 0 aliphatic heterocycles. The lowest BCUT2D eigenvalue weighted by atomic mass is 9.38. The monoisotopic (exact) mass is 422 g/mol. The third-order valence-corrected chi connectivity index (χ3v) is 9.96. The van der Waals surface area contributed by atoms with Gasteiger partial charge < -0.3 is 9.84 Å². The Balaban J connectivity index is 1.68. The lowest BCUT2D eigenvalue weighted by Crippen LogP contribution is -2.62. The van der Waals surface area contributed by atoms with Crippen LogP contribution in [0.1, 0.15) is 71.6 Å². The molecule has 0 spiro atoms. The van der Waals surface area contributed by atoms with Gasteiger partial charge in [-0.15, -0.1) is 6.58 Å². The number of hydrogen-bond donors (Lipinski definition) is 1. The van der Waals surface area contributed by atoms with Crippen molar-refractivity contribution in [2.75, 3.05) is 0 Å². The quantitative estimate of drug-likeness (QED) is 0.399. The topological polar surface area (TPSA) is 94.1 Å². The normalized spacial score (nSPS) is 47.3. The summed E-state index contributed by atoms with van der Waals surface area (Å²) in [5.74, 6) is 0.831. The maximum atomic E-state index is 12.0. The second kappa shape index (κ2) is 7.79. The van der Waals surface area contributed by atoms with E-state index in [4.69, 9.17) is 10.00 Å². The van der Waals surface area contributed by atoms with Gasteiger partial charge in [0.2, 0.25) is 0 Å². The van der Waals surface area contributed by atoms with Gasteiger partial charge in [-0.25, -0.2) is 0 Å².